The van der Waals surface area contributed by atoms with Gasteiger partial charge in [-0.15, -0.1) is 0 Å². The molecule has 4 aromatic rings. The van der Waals surface area contributed by atoms with Crippen molar-refractivity contribution in [2.24, 2.45) is 0 Å². The molecule has 0 aliphatic carbocycles. The highest BCUT2D eigenvalue weighted by molar-refractivity contribution is 7.71. The predicted molar refractivity (Wildman–Crippen MR) is 121 cm³/mol. The lowest BCUT2D eigenvalue weighted by Gasteiger charge is -2.33. The van der Waals surface area contributed by atoms with Crippen LogP contribution in [0, 0.1) is 4.64 Å². The summed E-state index contributed by atoms with van der Waals surface area (Å²) in [6.07, 6.45) is 0. The topological polar surface area (TPSA) is 26.2 Å². The molecule has 0 spiro atoms. The third kappa shape index (κ3) is 2.50. The molecule has 0 unspecified atom stereocenters. The number of hydrogen-bond acceptors (Lipinski definition) is 4. The van der Waals surface area contributed by atoms with Gasteiger partial charge in [-0.25, -0.2) is 0 Å². The van der Waals surface area contributed by atoms with E-state index in [-0.39, 0.29) is 5.54 Å². The fourth-order valence-electron chi connectivity index (χ4n) is 3.95. The van der Waals surface area contributed by atoms with Crippen LogP contribution in [0.15, 0.2) is 60.7 Å². The van der Waals surface area contributed by atoms with Gasteiger partial charge in [-0.2, -0.15) is 0 Å². The molecule has 3 nitrogen and oxygen atoms in total. The zero-order valence-electron chi connectivity index (χ0n) is 15.9. The van der Waals surface area contributed by atoms with Gasteiger partial charge in [0.15, 0.2) is 0 Å². The summed E-state index contributed by atoms with van der Waals surface area (Å²) in [5.41, 5.74) is 4.26. The summed E-state index contributed by atoms with van der Waals surface area (Å²) in [4.78, 5) is 1.25. The Bertz CT molecular complexity index is 1280. The van der Waals surface area contributed by atoms with Gasteiger partial charge in [-0.3, -0.25) is 3.96 Å². The molecule has 0 atom stereocenters. The minimum Gasteiger partial charge on any atom is -0.497 e. The first-order valence-corrected chi connectivity index (χ1v) is 10.4. The normalized spacial score (nSPS) is 14.2. The Balaban J connectivity index is 1.81. The van der Waals surface area contributed by atoms with Crippen molar-refractivity contribution < 1.29 is 4.74 Å². The maximum Gasteiger partial charge on any atom is 0.129 e. The van der Waals surface area contributed by atoms with Crippen molar-refractivity contribution in [2.45, 2.75) is 19.4 Å². The third-order valence-corrected chi connectivity index (χ3v) is 7.27. The van der Waals surface area contributed by atoms with Gasteiger partial charge in [0, 0.05) is 28.3 Å². The molecule has 5 rings (SSSR count). The molecular weight excluding hydrogens is 384 g/mol. The number of methoxy groups -OCH3 is 1. The standard InChI is InChI=1S/C23H20N2OS2/c1-23(2)21-20(17-12-11-15(26-3)13-18(17)24-23)22(27)25(28-21)19-10-6-8-14-7-4-5-9-16(14)19/h4-13,24H,1-3H3. The van der Waals surface area contributed by atoms with Crippen LogP contribution in [0.25, 0.3) is 27.6 Å². The van der Waals surface area contributed by atoms with Crippen molar-refractivity contribution in [3.63, 3.8) is 0 Å². The minimum absolute atomic E-state index is 0.219. The number of aromatic nitrogens is 1. The molecule has 0 saturated heterocycles. The van der Waals surface area contributed by atoms with Crippen molar-refractivity contribution in [1.82, 2.24) is 3.96 Å². The predicted octanol–water partition coefficient (Wildman–Crippen LogP) is 6.76. The fourth-order valence-corrected chi connectivity index (χ4v) is 5.63. The first-order valence-electron chi connectivity index (χ1n) is 9.21. The zero-order chi connectivity index (χ0) is 19.5. The number of rotatable bonds is 2. The molecule has 28 heavy (non-hydrogen) atoms. The molecule has 1 aliphatic heterocycles. The van der Waals surface area contributed by atoms with Gasteiger partial charge in [-0.1, -0.05) is 60.1 Å². The van der Waals surface area contributed by atoms with E-state index in [0.717, 1.165) is 32.9 Å². The van der Waals surface area contributed by atoms with Crippen molar-refractivity contribution in [3.05, 3.63) is 70.2 Å². The molecule has 140 valence electrons. The number of nitrogens with one attached hydrogen (secondary N) is 1. The molecule has 1 aliphatic rings. The van der Waals surface area contributed by atoms with Crippen LogP contribution in [-0.4, -0.2) is 11.1 Å². The summed E-state index contributed by atoms with van der Waals surface area (Å²) in [7, 11) is 1.69. The second-order valence-corrected chi connectivity index (χ2v) is 8.90. The highest BCUT2D eigenvalue weighted by Gasteiger charge is 2.35. The van der Waals surface area contributed by atoms with Crippen molar-refractivity contribution >= 4 is 40.2 Å². The highest BCUT2D eigenvalue weighted by atomic mass is 32.1. The minimum atomic E-state index is -0.219. The molecule has 3 aromatic carbocycles. The van der Waals surface area contributed by atoms with Gasteiger partial charge < -0.3 is 10.1 Å². The van der Waals surface area contributed by atoms with Crippen LogP contribution >= 0.6 is 23.8 Å². The molecule has 0 bridgehead atoms. The maximum absolute atomic E-state index is 6.01. The molecular formula is C23H20N2OS2. The Morgan fingerprint density at radius 2 is 1.82 bits per heavy atom. The average Bonchev–Trinajstić information content (AvgIpc) is 3.05. The summed E-state index contributed by atoms with van der Waals surface area (Å²) < 4.78 is 8.48. The lowest BCUT2D eigenvalue weighted by molar-refractivity contribution is 0.415. The Kier molecular flexibility index (Phi) is 3.86. The van der Waals surface area contributed by atoms with E-state index >= 15 is 0 Å². The summed E-state index contributed by atoms with van der Waals surface area (Å²) in [5.74, 6) is 0.841. The van der Waals surface area contributed by atoms with Crippen molar-refractivity contribution in [1.29, 1.82) is 0 Å². The smallest absolute Gasteiger partial charge is 0.129 e. The molecule has 0 fully saturated rings. The second-order valence-electron chi connectivity index (χ2n) is 7.55. The van der Waals surface area contributed by atoms with Crippen LogP contribution in [0.3, 0.4) is 0 Å². The monoisotopic (exact) mass is 404 g/mol. The number of fused-ring (bicyclic) bond motifs is 4. The van der Waals surface area contributed by atoms with E-state index in [1.165, 1.54) is 15.6 Å². The van der Waals surface area contributed by atoms with Crippen LogP contribution in [0.1, 0.15) is 18.7 Å². The lowest BCUT2D eigenvalue weighted by atomic mass is 9.90. The first kappa shape index (κ1) is 17.5. The fraction of sp³-hybridized carbons (Fsp3) is 0.174. The van der Waals surface area contributed by atoms with Gasteiger partial charge in [-0.05, 0) is 37.4 Å². The maximum atomic E-state index is 6.01. The highest BCUT2D eigenvalue weighted by Crippen LogP contribution is 2.48. The van der Waals surface area contributed by atoms with Gasteiger partial charge >= 0.3 is 0 Å². The Labute approximate surface area is 173 Å². The molecule has 1 N–H and O–H groups in total. The summed E-state index contributed by atoms with van der Waals surface area (Å²) in [5, 5.41) is 6.09. The zero-order valence-corrected chi connectivity index (χ0v) is 17.6. The van der Waals surface area contributed by atoms with E-state index in [4.69, 9.17) is 17.0 Å². The first-order chi connectivity index (χ1) is 13.5. The number of anilines is 1. The number of ether oxygens (including phenoxy) is 1. The third-order valence-electron chi connectivity index (χ3n) is 5.30. The second kappa shape index (κ2) is 6.19. The van der Waals surface area contributed by atoms with Crippen LogP contribution in [0.2, 0.25) is 0 Å². The van der Waals surface area contributed by atoms with Crippen LogP contribution in [0.4, 0.5) is 5.69 Å². The van der Waals surface area contributed by atoms with Gasteiger partial charge in [0.05, 0.1) is 23.2 Å². The van der Waals surface area contributed by atoms with Crippen LogP contribution in [0.5, 0.6) is 5.75 Å². The SMILES string of the molecule is COc1ccc2c(c1)NC(C)(C)c1sn(-c3cccc4ccccc34)c(=S)c1-2. The van der Waals surface area contributed by atoms with Crippen molar-refractivity contribution in [3.8, 4) is 22.6 Å². The number of nitrogens with zero attached hydrogens (tertiary/aromatic N) is 1. The van der Waals surface area contributed by atoms with Gasteiger partial charge in [0.1, 0.15) is 10.4 Å². The van der Waals surface area contributed by atoms with E-state index in [2.05, 4.69) is 77.7 Å². The van der Waals surface area contributed by atoms with Gasteiger partial charge in [0.2, 0.25) is 0 Å². The molecule has 1 aromatic heterocycles. The Hall–Kier alpha value is -2.63. The number of benzene rings is 3. The summed E-state index contributed by atoms with van der Waals surface area (Å²) >= 11 is 7.74. The lowest BCUT2D eigenvalue weighted by Crippen LogP contribution is -2.30. The van der Waals surface area contributed by atoms with Crippen LogP contribution < -0.4 is 10.1 Å². The van der Waals surface area contributed by atoms with E-state index in [1.807, 2.05) is 6.07 Å². The van der Waals surface area contributed by atoms with E-state index in [9.17, 15) is 0 Å². The van der Waals surface area contributed by atoms with Gasteiger partial charge in [0.25, 0.3) is 0 Å². The molecule has 0 saturated carbocycles. The summed E-state index contributed by atoms with van der Waals surface area (Å²) in [6.45, 7) is 4.40. The molecule has 0 amide bonds. The largest absolute Gasteiger partial charge is 0.497 e. The quantitative estimate of drug-likeness (QED) is 0.374. The van der Waals surface area contributed by atoms with E-state index in [0.29, 0.717) is 0 Å². The van der Waals surface area contributed by atoms with E-state index < -0.39 is 0 Å². The Morgan fingerprint density at radius 3 is 2.64 bits per heavy atom. The molecule has 5 heteroatoms. The number of hydrogen-bond donors (Lipinski definition) is 1. The average molecular weight is 405 g/mol. The van der Waals surface area contributed by atoms with E-state index in [1.54, 1.807) is 18.6 Å². The molecule has 0 radical (unpaired) electrons. The van der Waals surface area contributed by atoms with Crippen molar-refractivity contribution in [2.75, 3.05) is 12.4 Å². The molecule has 2 heterocycles. The summed E-state index contributed by atoms with van der Waals surface area (Å²) in [6, 6.07) is 21.0. The Morgan fingerprint density at radius 1 is 1.04 bits per heavy atom. The van der Waals surface area contributed by atoms with Crippen LogP contribution in [-0.2, 0) is 5.54 Å².